The summed E-state index contributed by atoms with van der Waals surface area (Å²) in [5.41, 5.74) is 0.784. The summed E-state index contributed by atoms with van der Waals surface area (Å²) >= 11 is 11.8. The van der Waals surface area contributed by atoms with Crippen LogP contribution in [0.2, 0.25) is 10.0 Å². The van der Waals surface area contributed by atoms with Crippen molar-refractivity contribution in [3.05, 3.63) is 57.6 Å². The molecule has 110 valence electrons. The molecular weight excluding hydrogens is 315 g/mol. The summed E-state index contributed by atoms with van der Waals surface area (Å²) in [4.78, 5) is 11.0. The second-order valence-electron chi connectivity index (χ2n) is 4.23. The largest absolute Gasteiger partial charge is 0.496 e. The van der Waals surface area contributed by atoms with Crippen molar-refractivity contribution in [1.82, 2.24) is 0 Å². The molecule has 0 fully saturated rings. The molecule has 0 spiro atoms. The molecule has 4 nitrogen and oxygen atoms in total. The Labute approximate surface area is 131 Å². The molecule has 0 saturated carbocycles. The Morgan fingerprint density at radius 1 is 1.14 bits per heavy atom. The van der Waals surface area contributed by atoms with E-state index in [1.807, 2.05) is 0 Å². The molecule has 2 aromatic rings. The summed E-state index contributed by atoms with van der Waals surface area (Å²) in [5.74, 6) is 0.0353. The molecule has 0 atom stereocenters. The Bertz CT molecular complexity index is 650. The molecule has 0 amide bonds. The average Bonchev–Trinajstić information content (AvgIpc) is 2.43. The van der Waals surface area contributed by atoms with E-state index < -0.39 is 5.97 Å². The molecule has 1 N–H and O–H groups in total. The lowest BCUT2D eigenvalue weighted by atomic mass is 10.1. The van der Waals surface area contributed by atoms with Gasteiger partial charge >= 0.3 is 5.97 Å². The number of carbonyl (C=O) groups is 1. The van der Waals surface area contributed by atoms with Crippen LogP contribution in [-0.2, 0) is 6.61 Å². The lowest BCUT2D eigenvalue weighted by molar-refractivity contribution is 0.0696. The maximum atomic E-state index is 11.0. The van der Waals surface area contributed by atoms with E-state index in [2.05, 4.69) is 0 Å². The predicted octanol–water partition coefficient (Wildman–Crippen LogP) is 4.28. The third-order valence-corrected chi connectivity index (χ3v) is 3.19. The van der Waals surface area contributed by atoms with Crippen molar-refractivity contribution < 1.29 is 19.4 Å². The van der Waals surface area contributed by atoms with Gasteiger partial charge in [0.1, 0.15) is 18.1 Å². The Balaban J connectivity index is 2.21. The Hall–Kier alpha value is -1.91. The monoisotopic (exact) mass is 326 g/mol. The molecule has 0 bridgehead atoms. The van der Waals surface area contributed by atoms with Gasteiger partial charge in [-0.3, -0.25) is 0 Å². The van der Waals surface area contributed by atoms with E-state index in [0.29, 0.717) is 27.1 Å². The van der Waals surface area contributed by atoms with Gasteiger partial charge in [0.15, 0.2) is 0 Å². The summed E-state index contributed by atoms with van der Waals surface area (Å²) < 4.78 is 10.8. The summed E-state index contributed by atoms with van der Waals surface area (Å²) in [6.07, 6.45) is 0. The lowest BCUT2D eigenvalue weighted by Gasteiger charge is -2.11. The number of ether oxygens (including phenoxy) is 2. The molecule has 21 heavy (non-hydrogen) atoms. The molecule has 6 heteroatoms. The van der Waals surface area contributed by atoms with Gasteiger partial charge in [0.05, 0.1) is 12.7 Å². The second-order valence-corrected chi connectivity index (χ2v) is 5.10. The van der Waals surface area contributed by atoms with Gasteiger partial charge in [-0.15, -0.1) is 0 Å². The van der Waals surface area contributed by atoms with E-state index in [-0.39, 0.29) is 12.2 Å². The highest BCUT2D eigenvalue weighted by Crippen LogP contribution is 2.26. The van der Waals surface area contributed by atoms with Crippen LogP contribution in [0.15, 0.2) is 36.4 Å². The minimum absolute atomic E-state index is 0.140. The number of halogens is 2. The first-order valence-corrected chi connectivity index (χ1v) is 6.74. The van der Waals surface area contributed by atoms with Gasteiger partial charge in [-0.2, -0.15) is 0 Å². The van der Waals surface area contributed by atoms with Gasteiger partial charge in [-0.25, -0.2) is 4.79 Å². The van der Waals surface area contributed by atoms with E-state index in [1.165, 1.54) is 19.2 Å². The van der Waals surface area contributed by atoms with E-state index in [9.17, 15) is 4.79 Å². The first-order chi connectivity index (χ1) is 9.99. The number of benzene rings is 2. The maximum absolute atomic E-state index is 11.0. The fraction of sp³-hybridized carbons (Fsp3) is 0.133. The van der Waals surface area contributed by atoms with Gasteiger partial charge in [0.2, 0.25) is 0 Å². The van der Waals surface area contributed by atoms with E-state index in [1.54, 1.807) is 24.3 Å². The zero-order chi connectivity index (χ0) is 15.4. The Morgan fingerprint density at radius 2 is 1.81 bits per heavy atom. The first kappa shape index (κ1) is 15.5. The molecule has 0 saturated heterocycles. The van der Waals surface area contributed by atoms with Crippen molar-refractivity contribution in [2.24, 2.45) is 0 Å². The molecule has 0 aliphatic carbocycles. The van der Waals surface area contributed by atoms with Gasteiger partial charge in [0, 0.05) is 15.6 Å². The third kappa shape index (κ3) is 4.03. The highest BCUT2D eigenvalue weighted by atomic mass is 35.5. The van der Waals surface area contributed by atoms with Crippen LogP contribution >= 0.6 is 23.2 Å². The molecule has 0 aliphatic rings. The van der Waals surface area contributed by atoms with Crippen molar-refractivity contribution in [3.8, 4) is 11.5 Å². The topological polar surface area (TPSA) is 55.8 Å². The fourth-order valence-corrected chi connectivity index (χ4v) is 2.30. The van der Waals surface area contributed by atoms with E-state index in [0.717, 1.165) is 0 Å². The minimum Gasteiger partial charge on any atom is -0.496 e. The summed E-state index contributed by atoms with van der Waals surface area (Å²) in [5, 5.41) is 9.94. The zero-order valence-corrected chi connectivity index (χ0v) is 12.6. The number of aromatic carboxylic acids is 1. The van der Waals surface area contributed by atoms with Crippen molar-refractivity contribution >= 4 is 29.2 Å². The van der Waals surface area contributed by atoms with Crippen LogP contribution in [0.1, 0.15) is 15.9 Å². The quantitative estimate of drug-likeness (QED) is 0.890. The number of hydrogen-bond acceptors (Lipinski definition) is 3. The smallest absolute Gasteiger partial charge is 0.335 e. The van der Waals surface area contributed by atoms with Crippen LogP contribution < -0.4 is 9.47 Å². The number of carboxylic acids is 1. The van der Waals surface area contributed by atoms with Gasteiger partial charge in [-0.05, 0) is 36.4 Å². The number of carboxylic acid groups (broad SMARTS) is 1. The number of rotatable bonds is 5. The van der Waals surface area contributed by atoms with Crippen LogP contribution in [-0.4, -0.2) is 18.2 Å². The van der Waals surface area contributed by atoms with Crippen molar-refractivity contribution in [2.45, 2.75) is 6.61 Å². The third-order valence-electron chi connectivity index (χ3n) is 2.76. The zero-order valence-electron chi connectivity index (χ0n) is 11.1. The summed E-state index contributed by atoms with van der Waals surface area (Å²) in [7, 11) is 1.51. The molecule has 0 aliphatic heterocycles. The Morgan fingerprint density at radius 3 is 2.38 bits per heavy atom. The summed E-state index contributed by atoms with van der Waals surface area (Å²) in [6.45, 7) is 0.140. The van der Waals surface area contributed by atoms with Crippen LogP contribution in [0, 0.1) is 0 Å². The summed E-state index contributed by atoms with van der Waals surface area (Å²) in [6, 6.07) is 9.42. The van der Waals surface area contributed by atoms with Crippen molar-refractivity contribution in [2.75, 3.05) is 7.11 Å². The lowest BCUT2D eigenvalue weighted by Crippen LogP contribution is -2.03. The van der Waals surface area contributed by atoms with Gasteiger partial charge < -0.3 is 14.6 Å². The van der Waals surface area contributed by atoms with Crippen LogP contribution in [0.5, 0.6) is 11.5 Å². The minimum atomic E-state index is -1.01. The van der Waals surface area contributed by atoms with Gasteiger partial charge in [-0.1, -0.05) is 23.2 Å². The highest BCUT2D eigenvalue weighted by Gasteiger charge is 2.10. The van der Waals surface area contributed by atoms with Crippen molar-refractivity contribution in [1.29, 1.82) is 0 Å². The normalized spacial score (nSPS) is 10.2. The van der Waals surface area contributed by atoms with Crippen LogP contribution in [0.25, 0.3) is 0 Å². The standard InChI is InChI=1S/C15H12Cl2O4/c1-20-14-3-2-9(15(18)19)4-10(14)8-21-13-6-11(16)5-12(17)7-13/h2-7H,8H2,1H3,(H,18,19). The molecular formula is C15H12Cl2O4. The first-order valence-electron chi connectivity index (χ1n) is 5.98. The van der Waals surface area contributed by atoms with Crippen molar-refractivity contribution in [3.63, 3.8) is 0 Å². The molecule has 0 unspecified atom stereocenters. The SMILES string of the molecule is COc1ccc(C(=O)O)cc1COc1cc(Cl)cc(Cl)c1. The molecule has 0 heterocycles. The van der Waals surface area contributed by atoms with Gasteiger partial charge in [0.25, 0.3) is 0 Å². The molecule has 0 aromatic heterocycles. The number of methoxy groups -OCH3 is 1. The molecule has 2 rings (SSSR count). The fourth-order valence-electron chi connectivity index (χ4n) is 1.80. The average molecular weight is 327 g/mol. The van der Waals surface area contributed by atoms with Crippen LogP contribution in [0.3, 0.4) is 0 Å². The Kier molecular flexibility index (Phi) is 4.94. The predicted molar refractivity (Wildman–Crippen MR) is 80.7 cm³/mol. The highest BCUT2D eigenvalue weighted by molar-refractivity contribution is 6.34. The van der Waals surface area contributed by atoms with E-state index in [4.69, 9.17) is 37.8 Å². The molecule has 2 aromatic carbocycles. The van der Waals surface area contributed by atoms with Crippen LogP contribution in [0.4, 0.5) is 0 Å². The van der Waals surface area contributed by atoms with E-state index >= 15 is 0 Å². The number of hydrogen-bond donors (Lipinski definition) is 1. The maximum Gasteiger partial charge on any atom is 0.335 e. The second kappa shape index (κ2) is 6.70. The molecule has 0 radical (unpaired) electrons.